The molecular weight excluding hydrogens is 420 g/mol. The smallest absolute Gasteiger partial charge is 0.0839 e. The molecule has 4 fully saturated rings. The van der Waals surface area contributed by atoms with E-state index in [1.165, 1.54) is 0 Å². The van der Waals surface area contributed by atoms with Crippen molar-refractivity contribution in [3.63, 3.8) is 0 Å². The lowest BCUT2D eigenvalue weighted by molar-refractivity contribution is -0.230. The second-order valence-corrected chi connectivity index (χ2v) is 13.0. The van der Waals surface area contributed by atoms with Gasteiger partial charge in [-0.25, -0.2) is 0 Å². The highest BCUT2D eigenvalue weighted by molar-refractivity contribution is 5.17. The Balaban J connectivity index is 1.60. The molecule has 14 atom stereocenters. The summed E-state index contributed by atoms with van der Waals surface area (Å²) in [5.74, 6) is 0.00526. The lowest BCUT2D eigenvalue weighted by Crippen LogP contribution is -2.65. The standard InChI is InChI=1S/C27H48O6/c1-14(13-28)6-5-7-15(2)20-24(32)25(33)21-19-17(9-11-27(20,21)4)26(3)10-8-16(29)12-18(26)22(30)23(19)31/h14-25,28-33H,5-13H2,1-4H3/t14-,15+,16-,17?,18+,19?,20-,21?,22-,23?,24+,25?,26+,27+/m0/s1. The minimum absolute atomic E-state index is 0.0501. The van der Waals surface area contributed by atoms with Crippen LogP contribution < -0.4 is 0 Å². The molecule has 6 N–H and O–H groups in total. The van der Waals surface area contributed by atoms with Gasteiger partial charge in [0.15, 0.2) is 0 Å². The summed E-state index contributed by atoms with van der Waals surface area (Å²) in [6.45, 7) is 8.84. The highest BCUT2D eigenvalue weighted by Gasteiger charge is 2.69. The minimum atomic E-state index is -0.940. The summed E-state index contributed by atoms with van der Waals surface area (Å²) < 4.78 is 0. The van der Waals surface area contributed by atoms with Crippen LogP contribution in [0.5, 0.6) is 0 Å². The van der Waals surface area contributed by atoms with Crippen molar-refractivity contribution < 1.29 is 30.6 Å². The maximum absolute atomic E-state index is 11.4. The Morgan fingerprint density at radius 3 is 2.12 bits per heavy atom. The van der Waals surface area contributed by atoms with E-state index in [0.717, 1.165) is 44.9 Å². The van der Waals surface area contributed by atoms with Crippen molar-refractivity contribution in [3.05, 3.63) is 0 Å². The molecule has 0 aromatic heterocycles. The van der Waals surface area contributed by atoms with Gasteiger partial charge in [-0.15, -0.1) is 0 Å². The normalized spacial score (nSPS) is 53.6. The molecule has 6 heteroatoms. The van der Waals surface area contributed by atoms with E-state index in [4.69, 9.17) is 0 Å². The van der Waals surface area contributed by atoms with Crippen LogP contribution in [-0.4, -0.2) is 67.8 Å². The Morgan fingerprint density at radius 2 is 1.45 bits per heavy atom. The van der Waals surface area contributed by atoms with E-state index in [-0.39, 0.29) is 58.9 Å². The van der Waals surface area contributed by atoms with Crippen LogP contribution in [0.25, 0.3) is 0 Å². The lowest BCUT2D eigenvalue weighted by Gasteiger charge is -2.63. The molecule has 192 valence electrons. The van der Waals surface area contributed by atoms with Crippen molar-refractivity contribution in [1.82, 2.24) is 0 Å². The van der Waals surface area contributed by atoms with Crippen molar-refractivity contribution >= 4 is 0 Å². The molecule has 0 aliphatic heterocycles. The molecule has 4 aliphatic rings. The Kier molecular flexibility index (Phi) is 7.30. The van der Waals surface area contributed by atoms with E-state index in [1.807, 2.05) is 6.92 Å². The first-order valence-corrected chi connectivity index (χ1v) is 13.5. The highest BCUT2D eigenvalue weighted by Crippen LogP contribution is 2.68. The molecule has 0 bridgehead atoms. The van der Waals surface area contributed by atoms with Crippen LogP contribution in [0, 0.1) is 52.3 Å². The molecule has 4 aliphatic carbocycles. The van der Waals surface area contributed by atoms with Gasteiger partial charge < -0.3 is 30.6 Å². The lowest BCUT2D eigenvalue weighted by atomic mass is 9.43. The number of hydrogen-bond donors (Lipinski definition) is 6. The summed E-state index contributed by atoms with van der Waals surface area (Å²) in [4.78, 5) is 0. The zero-order valence-corrected chi connectivity index (χ0v) is 21.0. The molecule has 0 aromatic carbocycles. The molecule has 0 spiro atoms. The van der Waals surface area contributed by atoms with Crippen molar-refractivity contribution in [1.29, 1.82) is 0 Å². The summed E-state index contributed by atoms with van der Waals surface area (Å²) in [5, 5.41) is 64.8. The largest absolute Gasteiger partial charge is 0.396 e. The average Bonchev–Trinajstić information content (AvgIpc) is 2.98. The van der Waals surface area contributed by atoms with Gasteiger partial charge in [-0.2, -0.15) is 0 Å². The molecule has 0 radical (unpaired) electrons. The fraction of sp³-hybridized carbons (Fsp3) is 1.00. The van der Waals surface area contributed by atoms with E-state index < -0.39 is 30.5 Å². The first-order valence-electron chi connectivity index (χ1n) is 13.5. The molecule has 0 saturated heterocycles. The Bertz CT molecular complexity index is 688. The molecule has 0 aromatic rings. The summed E-state index contributed by atoms with van der Waals surface area (Å²) in [6.07, 6.45) is 2.78. The number of aliphatic hydroxyl groups excluding tert-OH is 6. The van der Waals surface area contributed by atoms with E-state index in [0.29, 0.717) is 6.42 Å². The maximum Gasteiger partial charge on any atom is 0.0839 e. The number of fused-ring (bicyclic) bond motifs is 5. The zero-order chi connectivity index (χ0) is 24.3. The van der Waals surface area contributed by atoms with E-state index in [9.17, 15) is 30.6 Å². The number of rotatable bonds is 6. The SMILES string of the molecule is C[C@H](CO)CCC[C@@H](C)[C@H]1[C@@H](O)C(O)C2C3C(O)[C@@H](O)[C@H]4C[C@@H](O)CC[C@]4(C)C3CC[C@@]21C. The summed E-state index contributed by atoms with van der Waals surface area (Å²) in [7, 11) is 0. The molecule has 0 heterocycles. The van der Waals surface area contributed by atoms with Crippen molar-refractivity contribution in [3.8, 4) is 0 Å². The predicted octanol–water partition coefficient (Wildman–Crippen LogP) is 2.32. The predicted molar refractivity (Wildman–Crippen MR) is 126 cm³/mol. The van der Waals surface area contributed by atoms with Gasteiger partial charge in [-0.05, 0) is 90.8 Å². The molecule has 6 nitrogen and oxygen atoms in total. The van der Waals surface area contributed by atoms with Gasteiger partial charge in [0.1, 0.15) is 0 Å². The molecule has 33 heavy (non-hydrogen) atoms. The van der Waals surface area contributed by atoms with Crippen LogP contribution in [0.3, 0.4) is 0 Å². The van der Waals surface area contributed by atoms with Crippen LogP contribution in [0.1, 0.15) is 79.1 Å². The monoisotopic (exact) mass is 468 g/mol. The molecule has 4 rings (SSSR count). The summed E-state index contributed by atoms with van der Waals surface area (Å²) in [5.41, 5.74) is -0.460. The third kappa shape index (κ3) is 4.01. The Morgan fingerprint density at radius 1 is 0.788 bits per heavy atom. The van der Waals surface area contributed by atoms with Crippen molar-refractivity contribution in [2.75, 3.05) is 6.61 Å². The Labute approximate surface area is 199 Å². The number of hydrogen-bond acceptors (Lipinski definition) is 6. The average molecular weight is 469 g/mol. The van der Waals surface area contributed by atoms with Gasteiger partial charge in [-0.3, -0.25) is 0 Å². The van der Waals surface area contributed by atoms with E-state index >= 15 is 0 Å². The van der Waals surface area contributed by atoms with Crippen LogP contribution in [0.4, 0.5) is 0 Å². The third-order valence-corrected chi connectivity index (χ3v) is 11.2. The van der Waals surface area contributed by atoms with Crippen molar-refractivity contribution in [2.45, 2.75) is 110 Å². The van der Waals surface area contributed by atoms with Gasteiger partial charge in [0, 0.05) is 6.61 Å². The van der Waals surface area contributed by atoms with Gasteiger partial charge >= 0.3 is 0 Å². The van der Waals surface area contributed by atoms with Gasteiger partial charge in [-0.1, -0.05) is 40.5 Å². The molecule has 0 amide bonds. The van der Waals surface area contributed by atoms with Crippen molar-refractivity contribution in [2.24, 2.45) is 52.3 Å². The zero-order valence-electron chi connectivity index (χ0n) is 21.0. The highest BCUT2D eigenvalue weighted by atomic mass is 16.3. The van der Waals surface area contributed by atoms with Crippen LogP contribution >= 0.6 is 0 Å². The Hall–Kier alpha value is -0.240. The topological polar surface area (TPSA) is 121 Å². The van der Waals surface area contributed by atoms with Crippen LogP contribution in [0.2, 0.25) is 0 Å². The maximum atomic E-state index is 11.4. The third-order valence-electron chi connectivity index (χ3n) is 11.2. The first-order chi connectivity index (χ1) is 15.5. The quantitative estimate of drug-likeness (QED) is 0.356. The van der Waals surface area contributed by atoms with Crippen LogP contribution in [0.15, 0.2) is 0 Å². The second-order valence-electron chi connectivity index (χ2n) is 13.0. The summed E-state index contributed by atoms with van der Waals surface area (Å²) in [6, 6.07) is 0. The fourth-order valence-electron chi connectivity index (χ4n) is 9.40. The molecule has 4 saturated carbocycles. The molecular formula is C27H48O6. The van der Waals surface area contributed by atoms with E-state index in [1.54, 1.807) is 0 Å². The number of aliphatic hydroxyl groups is 6. The van der Waals surface area contributed by atoms with Gasteiger partial charge in [0.05, 0.1) is 30.5 Å². The van der Waals surface area contributed by atoms with Gasteiger partial charge in [0.25, 0.3) is 0 Å². The minimum Gasteiger partial charge on any atom is -0.396 e. The molecule has 5 unspecified atom stereocenters. The fourth-order valence-corrected chi connectivity index (χ4v) is 9.40. The van der Waals surface area contributed by atoms with Crippen LogP contribution in [-0.2, 0) is 0 Å². The first kappa shape index (κ1) is 25.8. The second kappa shape index (κ2) is 9.33. The van der Waals surface area contributed by atoms with Gasteiger partial charge in [0.2, 0.25) is 0 Å². The summed E-state index contributed by atoms with van der Waals surface area (Å²) >= 11 is 0. The van der Waals surface area contributed by atoms with E-state index in [2.05, 4.69) is 20.8 Å².